The first-order chi connectivity index (χ1) is 12.0. The molecule has 0 spiro atoms. The van der Waals surface area contributed by atoms with Crippen LogP contribution in [0.2, 0.25) is 0 Å². The summed E-state index contributed by atoms with van der Waals surface area (Å²) in [4.78, 5) is 0. The van der Waals surface area contributed by atoms with Crippen molar-refractivity contribution >= 4 is 0 Å². The van der Waals surface area contributed by atoms with Crippen molar-refractivity contribution in [3.63, 3.8) is 0 Å². The molecule has 0 atom stereocenters. The van der Waals surface area contributed by atoms with Gasteiger partial charge in [-0.2, -0.15) is 0 Å². The molecule has 0 aromatic rings. The Bertz CT molecular complexity index is 849. The molecule has 0 saturated heterocycles. The van der Waals surface area contributed by atoms with Crippen LogP contribution in [0.3, 0.4) is 0 Å². The summed E-state index contributed by atoms with van der Waals surface area (Å²) in [5, 5.41) is 0. The van der Waals surface area contributed by atoms with Crippen LogP contribution in [0.25, 0.3) is 0 Å². The minimum absolute atomic E-state index is 0. The molecule has 0 unspecified atom stereocenters. The van der Waals surface area contributed by atoms with Crippen molar-refractivity contribution < 1.29 is 721 Å². The normalized spacial score (nSPS) is 4.83. The van der Waals surface area contributed by atoms with E-state index in [2.05, 4.69) is 0 Å². The van der Waals surface area contributed by atoms with Crippen molar-refractivity contribution in [1.82, 2.24) is 0 Å². The smallest absolute Gasteiger partial charge is 2.00 e. The van der Waals surface area contributed by atoms with Gasteiger partial charge in [-0.05, 0) is 0 Å². The van der Waals surface area contributed by atoms with Crippen LogP contribution < -0.4 is 49.9 Å². The minimum atomic E-state index is -5.75. The van der Waals surface area contributed by atoms with Crippen LogP contribution in [0.5, 0.6) is 0 Å². The minimum Gasteiger partial charge on any atom is 2.00 e. The Morgan fingerprint density at radius 2 is 0.139 bits per heavy atom. The fourth-order valence-electron chi connectivity index (χ4n) is 0. The van der Waals surface area contributed by atoms with Crippen LogP contribution in [0.1, 0.15) is 0 Å². The Hall–Kier alpha value is 13.7. The second-order valence-electron chi connectivity index (χ2n) is 2.45. The van der Waals surface area contributed by atoms with E-state index in [0.717, 1.165) is 0 Å². The van der Waals surface area contributed by atoms with Crippen molar-refractivity contribution in [1.29, 1.82) is 0 Å². The number of hydrogen-bond donors (Lipinski definition) is 0. The Labute approximate surface area is 707 Å². The zero-order chi connectivity index (χ0) is 27.0. The van der Waals surface area contributed by atoms with E-state index in [0.29, 0.717) is 0 Å². The maximum Gasteiger partial charge on any atom is 2.00 e. The topological polar surface area (TPSA) is 966 Å². The largest absolute Gasteiger partial charge is 2.00 e. The molecule has 41 nitrogen and oxygen atoms in total. The van der Waals surface area contributed by atoms with E-state index in [1.807, 2.05) is 0 Å². The van der Waals surface area contributed by atoms with Gasteiger partial charge in [0.25, 0.3) is 0 Å². The summed E-state index contributed by atoms with van der Waals surface area (Å²) in [7, 11) is 0. The second kappa shape index (κ2) is 240. The molecule has 0 N–H and O–H groups in total. The van der Waals surface area contributed by atoms with Gasteiger partial charge in [0, 0.05) is 68.3 Å². The fraction of sp³-hybridized carbons (Fsp3) is 0. The van der Waals surface area contributed by atoms with E-state index in [1.165, 1.54) is 0 Å². The SMILES string of the molecule is [Cu+2].[Cu+2].[Cu+2].[Cu+2].[Cu+2].[Cu+2].[Cu+2].[Cu+2].[Cu+2].[Cu+2].[Cu+2].[Cu].[Cu].[Cu].[Cu].[O-2].[O-2].[O-2].[O-2].[O-2].[O-2].[O-2].[O-2].[O-2].[O-2].[O-2].[O-2].[O-2].[O-2].[O-2].[O-2].[O-2].[O]=[Cr](=[O])([O-])[O-].[O]=[Cr](=[O])([O-])[O-].[O]=[Cr](=[O])([O-])[O-].[O]=[Cr](=[O])([O-])[O-].[O]=[Cr](=[O])([O-])[O-].[O]=[Cr](=[O])([O-])[O-].[Zn+2].[Zn+2].[Zn+2].[Zn+2].[Zn+2].[Zn+2].[Zn+2].[Zn+2].[Zn+2].[Zn+2]. The van der Waals surface area contributed by atoms with Gasteiger partial charge in [-0.1, -0.05) is 0 Å². The van der Waals surface area contributed by atoms with Crippen LogP contribution in [0.4, 0.5) is 0 Å². The van der Waals surface area contributed by atoms with E-state index >= 15 is 0 Å². The Kier molecular flexibility index (Phi) is 1440. The number of rotatable bonds is 0. The summed E-state index contributed by atoms with van der Waals surface area (Å²) in [6.45, 7) is 0. The van der Waals surface area contributed by atoms with Crippen LogP contribution in [-0.4, -0.2) is 0 Å². The van der Waals surface area contributed by atoms with E-state index in [4.69, 9.17) is 95.5 Å². The summed E-state index contributed by atoms with van der Waals surface area (Å²) in [6, 6.07) is 0. The standard InChI is InChI=1S/6Cr.15Cu.41O.10Zn/q;;;;;;;;;;11*+2;;;;;;;;;;;;;17*-2;12*-1;10*+2. The third-order valence-electron chi connectivity index (χ3n) is 0. The van der Waals surface area contributed by atoms with Crippen molar-refractivity contribution in [2.45, 2.75) is 0 Å². The monoisotopic (exact) mass is 2550 g/mol. The van der Waals surface area contributed by atoms with Gasteiger partial charge in [0.1, 0.15) is 0 Å². The van der Waals surface area contributed by atoms with Gasteiger partial charge in [-0.3, -0.25) is 0 Å². The van der Waals surface area contributed by atoms with Crippen LogP contribution >= 0.6 is 0 Å². The summed E-state index contributed by atoms with van der Waals surface area (Å²) in [5.74, 6) is 0. The maximum atomic E-state index is 8.59. The molecule has 0 aromatic heterocycles. The molecule has 0 bridgehead atoms. The summed E-state index contributed by atoms with van der Waals surface area (Å²) in [5.41, 5.74) is 0. The van der Waals surface area contributed by atoms with Gasteiger partial charge in [0.15, 0.2) is 0 Å². The fourth-order valence-corrected chi connectivity index (χ4v) is 0. The van der Waals surface area contributed by atoms with Crippen LogP contribution in [-0.2, 0) is 671 Å². The molecule has 0 rings (SSSR count). The van der Waals surface area contributed by atoms with E-state index in [9.17, 15) is 0 Å². The Morgan fingerprint density at radius 1 is 0.139 bits per heavy atom. The molecule has 0 saturated carbocycles. The van der Waals surface area contributed by atoms with Gasteiger partial charge in [0.05, 0.1) is 0 Å². The average molecular weight is 2580 g/mol. The molecular weight excluding hydrogens is 2580 g/mol. The van der Waals surface area contributed by atoms with Crippen molar-refractivity contribution in [2.24, 2.45) is 0 Å². The maximum absolute atomic E-state index is 8.59. The molecule has 0 fully saturated rings. The predicted molar refractivity (Wildman–Crippen MR) is 19.9 cm³/mol. The molecule has 471 valence electrons. The molecule has 0 aliphatic carbocycles. The van der Waals surface area contributed by atoms with E-state index < -0.39 is 81.7 Å². The molecule has 0 aliphatic heterocycles. The summed E-state index contributed by atoms with van der Waals surface area (Å²) in [6.07, 6.45) is 0. The van der Waals surface area contributed by atoms with Crippen molar-refractivity contribution in [2.75, 3.05) is 0 Å². The summed E-state index contributed by atoms with van der Waals surface area (Å²) >= 11 is -34.5. The zero-order valence-corrected chi connectivity index (χ0v) is 82.2. The first-order valence-corrected chi connectivity index (χ1v) is 16.5. The van der Waals surface area contributed by atoms with Crippen LogP contribution in [0.15, 0.2) is 0 Å². The Morgan fingerprint density at radius 3 is 0.139 bits per heavy atom. The van der Waals surface area contributed by atoms with E-state index in [1.54, 1.807) is 0 Å². The van der Waals surface area contributed by atoms with E-state index in [-0.39, 0.29) is 544 Å². The third-order valence-corrected chi connectivity index (χ3v) is 0. The number of hydrogen-bond acceptors (Lipinski definition) is 24. The molecule has 72 heavy (non-hydrogen) atoms. The first-order valence-electron chi connectivity index (χ1n) is 4.00. The van der Waals surface area contributed by atoms with Gasteiger partial charge in [-0.25, -0.2) is 0 Å². The Balaban J connectivity index is -0.00000000187. The van der Waals surface area contributed by atoms with Crippen LogP contribution in [0, 0.1) is 0 Å². The molecule has 0 aliphatic rings. The molecule has 0 heterocycles. The molecule has 15 radical (unpaired) electrons. The van der Waals surface area contributed by atoms with Gasteiger partial charge in [-0.15, -0.1) is 0 Å². The zero-order valence-electron chi connectivity index (χ0n) is 30.8. The average Bonchev–Trinajstić information content (AvgIpc) is 1.94. The third kappa shape index (κ3) is 3060. The molecular formula is Cr6Cu15O41Zn10-4. The quantitative estimate of drug-likeness (QED) is 0.203. The van der Waals surface area contributed by atoms with Gasteiger partial charge < -0.3 is 93.1 Å². The van der Waals surface area contributed by atoms with Crippen molar-refractivity contribution in [3.8, 4) is 0 Å². The summed E-state index contributed by atoms with van der Waals surface area (Å²) < 4.78 is 206. The second-order valence-corrected chi connectivity index (χ2v) is 10.1. The first kappa shape index (κ1) is 433. The predicted octanol–water partition coefficient (Wildman–Crippen LogP) is -17.8. The van der Waals surface area contributed by atoms with Crippen molar-refractivity contribution in [3.05, 3.63) is 0 Å². The molecule has 0 amide bonds. The van der Waals surface area contributed by atoms with Gasteiger partial charge >= 0.3 is 560 Å². The van der Waals surface area contributed by atoms with Gasteiger partial charge in [0.2, 0.25) is 0 Å². The molecule has 72 heteroatoms. The molecule has 0 aromatic carbocycles.